The number of ether oxygens (including phenoxy) is 1. The summed E-state index contributed by atoms with van der Waals surface area (Å²) >= 11 is 1.49. The number of thiazole rings is 1. The molecule has 0 bridgehead atoms. The highest BCUT2D eigenvalue weighted by Gasteiger charge is 2.08. The number of rotatable bonds is 5. The molecule has 0 saturated heterocycles. The Morgan fingerprint density at radius 2 is 1.79 bits per heavy atom. The van der Waals surface area contributed by atoms with Crippen LogP contribution >= 0.6 is 11.3 Å². The average Bonchev–Trinajstić information content (AvgIpc) is 3.00. The van der Waals surface area contributed by atoms with Gasteiger partial charge in [0.1, 0.15) is 5.75 Å². The summed E-state index contributed by atoms with van der Waals surface area (Å²) in [6.45, 7) is 1.32. The van der Waals surface area contributed by atoms with Gasteiger partial charge >= 0.3 is 6.61 Å². The van der Waals surface area contributed by atoms with Gasteiger partial charge in [-0.15, -0.1) is 11.3 Å². The van der Waals surface area contributed by atoms with Crippen LogP contribution in [0.3, 0.4) is 0 Å². The van der Waals surface area contributed by atoms with E-state index in [0.717, 1.165) is 22.1 Å². The molecule has 24 heavy (non-hydrogen) atoms. The first kappa shape index (κ1) is 16.4. The van der Waals surface area contributed by atoms with Crippen LogP contribution in [0.25, 0.3) is 11.3 Å². The first-order chi connectivity index (χ1) is 11.5. The van der Waals surface area contributed by atoms with Gasteiger partial charge in [-0.25, -0.2) is 4.98 Å². The van der Waals surface area contributed by atoms with Crippen molar-refractivity contribution in [1.29, 1.82) is 0 Å². The predicted octanol–water partition coefficient (Wildman–Crippen LogP) is 5.77. The van der Waals surface area contributed by atoms with Crippen molar-refractivity contribution in [1.82, 2.24) is 4.98 Å². The lowest BCUT2D eigenvalue weighted by Gasteiger charge is -2.06. The number of halogens is 2. The first-order valence-corrected chi connectivity index (χ1v) is 8.24. The minimum absolute atomic E-state index is 0.137. The number of aryl methyl sites for hydroxylation is 2. The molecular formula is C18H16F2N2OS. The highest BCUT2D eigenvalue weighted by molar-refractivity contribution is 7.14. The van der Waals surface area contributed by atoms with Gasteiger partial charge in [-0.05, 0) is 61.4 Å². The van der Waals surface area contributed by atoms with E-state index < -0.39 is 6.61 Å². The van der Waals surface area contributed by atoms with Crippen molar-refractivity contribution in [3.05, 3.63) is 59.0 Å². The third kappa shape index (κ3) is 3.89. The van der Waals surface area contributed by atoms with Crippen LogP contribution < -0.4 is 10.1 Å². The Balaban J connectivity index is 1.74. The molecule has 3 aromatic rings. The molecule has 0 saturated carbocycles. The fraction of sp³-hybridized carbons (Fsp3) is 0.167. The molecule has 0 radical (unpaired) electrons. The lowest BCUT2D eigenvalue weighted by atomic mass is 10.1. The van der Waals surface area contributed by atoms with Crippen LogP contribution in [-0.4, -0.2) is 11.6 Å². The summed E-state index contributed by atoms with van der Waals surface area (Å²) < 4.78 is 28.7. The summed E-state index contributed by atoms with van der Waals surface area (Å²) in [6.07, 6.45) is 0. The maximum absolute atomic E-state index is 12.2. The molecule has 124 valence electrons. The number of alkyl halides is 2. The fourth-order valence-electron chi connectivity index (χ4n) is 2.21. The van der Waals surface area contributed by atoms with Gasteiger partial charge in [0.15, 0.2) is 5.13 Å². The quantitative estimate of drug-likeness (QED) is 0.636. The summed E-state index contributed by atoms with van der Waals surface area (Å²) in [5.41, 5.74) is 5.08. The summed E-state index contributed by atoms with van der Waals surface area (Å²) in [7, 11) is 0. The number of nitrogens with one attached hydrogen (secondary N) is 1. The van der Waals surface area contributed by atoms with Crippen molar-refractivity contribution < 1.29 is 13.5 Å². The van der Waals surface area contributed by atoms with Crippen LogP contribution in [0.4, 0.5) is 19.6 Å². The van der Waals surface area contributed by atoms with E-state index >= 15 is 0 Å². The Bertz CT molecular complexity index is 831. The van der Waals surface area contributed by atoms with E-state index in [9.17, 15) is 8.78 Å². The third-order valence-corrected chi connectivity index (χ3v) is 4.40. The molecule has 2 aromatic carbocycles. The monoisotopic (exact) mass is 346 g/mol. The first-order valence-electron chi connectivity index (χ1n) is 7.36. The van der Waals surface area contributed by atoms with Crippen molar-refractivity contribution in [3.63, 3.8) is 0 Å². The summed E-state index contributed by atoms with van der Waals surface area (Å²) in [5.74, 6) is 0.137. The van der Waals surface area contributed by atoms with Crippen molar-refractivity contribution in [3.8, 4) is 17.0 Å². The van der Waals surface area contributed by atoms with Crippen LogP contribution in [0, 0.1) is 13.8 Å². The van der Waals surface area contributed by atoms with Gasteiger partial charge < -0.3 is 10.1 Å². The van der Waals surface area contributed by atoms with E-state index in [-0.39, 0.29) is 5.75 Å². The lowest BCUT2D eigenvalue weighted by Crippen LogP contribution is -2.01. The summed E-state index contributed by atoms with van der Waals surface area (Å²) in [6, 6.07) is 12.6. The second-order valence-electron chi connectivity index (χ2n) is 5.36. The Morgan fingerprint density at radius 1 is 1.04 bits per heavy atom. The molecule has 6 heteroatoms. The van der Waals surface area contributed by atoms with E-state index in [1.165, 1.54) is 34.6 Å². The minimum Gasteiger partial charge on any atom is -0.435 e. The second kappa shape index (κ2) is 6.97. The standard InChI is InChI=1S/C18H16F2N2OS/c1-11-3-6-14(9-12(11)2)21-18-22-16(10-24-18)13-4-7-15(8-5-13)23-17(19)20/h3-10,17H,1-2H3,(H,21,22). The van der Waals surface area contributed by atoms with Gasteiger partial charge in [-0.1, -0.05) is 6.07 Å². The Hall–Kier alpha value is -2.47. The Kier molecular flexibility index (Phi) is 4.76. The van der Waals surface area contributed by atoms with Gasteiger partial charge in [0.25, 0.3) is 0 Å². The van der Waals surface area contributed by atoms with Crippen molar-refractivity contribution in [2.24, 2.45) is 0 Å². The van der Waals surface area contributed by atoms with Crippen molar-refractivity contribution in [2.75, 3.05) is 5.32 Å². The molecule has 0 fully saturated rings. The second-order valence-corrected chi connectivity index (χ2v) is 6.22. The van der Waals surface area contributed by atoms with E-state index in [1.807, 2.05) is 11.4 Å². The molecule has 0 aliphatic heterocycles. The molecule has 1 N–H and O–H groups in total. The molecule has 0 atom stereocenters. The molecule has 0 amide bonds. The molecular weight excluding hydrogens is 330 g/mol. The number of anilines is 2. The highest BCUT2D eigenvalue weighted by atomic mass is 32.1. The number of hydrogen-bond donors (Lipinski definition) is 1. The van der Waals surface area contributed by atoms with Crippen LogP contribution in [0.5, 0.6) is 5.75 Å². The van der Waals surface area contributed by atoms with E-state index in [1.54, 1.807) is 12.1 Å². The zero-order chi connectivity index (χ0) is 17.1. The summed E-state index contributed by atoms with van der Waals surface area (Å²) in [5, 5.41) is 5.98. The number of aromatic nitrogens is 1. The number of benzene rings is 2. The predicted molar refractivity (Wildman–Crippen MR) is 93.4 cm³/mol. The highest BCUT2D eigenvalue weighted by Crippen LogP contribution is 2.29. The van der Waals surface area contributed by atoms with Gasteiger partial charge in [0.2, 0.25) is 0 Å². The molecule has 3 rings (SSSR count). The summed E-state index contributed by atoms with van der Waals surface area (Å²) in [4.78, 5) is 4.54. The molecule has 0 spiro atoms. The Morgan fingerprint density at radius 3 is 2.46 bits per heavy atom. The molecule has 3 nitrogen and oxygen atoms in total. The number of nitrogens with zero attached hydrogens (tertiary/aromatic N) is 1. The zero-order valence-electron chi connectivity index (χ0n) is 13.2. The van der Waals surface area contributed by atoms with Crippen LogP contribution in [0.1, 0.15) is 11.1 Å². The SMILES string of the molecule is Cc1ccc(Nc2nc(-c3ccc(OC(F)F)cc3)cs2)cc1C. The average molecular weight is 346 g/mol. The van der Waals surface area contributed by atoms with Crippen LogP contribution in [0.15, 0.2) is 47.8 Å². The third-order valence-electron chi connectivity index (χ3n) is 3.64. The largest absolute Gasteiger partial charge is 0.435 e. The van der Waals surface area contributed by atoms with E-state index in [4.69, 9.17) is 0 Å². The zero-order valence-corrected chi connectivity index (χ0v) is 14.0. The van der Waals surface area contributed by atoms with Gasteiger partial charge in [-0.3, -0.25) is 0 Å². The Labute approximate surface area is 142 Å². The van der Waals surface area contributed by atoms with Crippen LogP contribution in [-0.2, 0) is 0 Å². The fourth-order valence-corrected chi connectivity index (χ4v) is 2.95. The van der Waals surface area contributed by atoms with Gasteiger partial charge in [-0.2, -0.15) is 8.78 Å². The molecule has 1 aromatic heterocycles. The molecule has 0 aliphatic rings. The van der Waals surface area contributed by atoms with Crippen molar-refractivity contribution >= 4 is 22.2 Å². The van der Waals surface area contributed by atoms with Gasteiger partial charge in [0, 0.05) is 16.6 Å². The molecule has 1 heterocycles. The van der Waals surface area contributed by atoms with Crippen LogP contribution in [0.2, 0.25) is 0 Å². The molecule has 0 aliphatic carbocycles. The van der Waals surface area contributed by atoms with E-state index in [2.05, 4.69) is 41.0 Å². The topological polar surface area (TPSA) is 34.2 Å². The number of hydrogen-bond acceptors (Lipinski definition) is 4. The lowest BCUT2D eigenvalue weighted by molar-refractivity contribution is -0.0498. The maximum Gasteiger partial charge on any atom is 0.387 e. The van der Waals surface area contributed by atoms with Gasteiger partial charge in [0.05, 0.1) is 5.69 Å². The molecule has 0 unspecified atom stereocenters. The minimum atomic E-state index is -2.82. The van der Waals surface area contributed by atoms with Crippen molar-refractivity contribution in [2.45, 2.75) is 20.5 Å². The smallest absolute Gasteiger partial charge is 0.387 e. The van der Waals surface area contributed by atoms with E-state index in [0.29, 0.717) is 0 Å². The maximum atomic E-state index is 12.2. The normalized spacial score (nSPS) is 10.9.